The normalized spacial score (nSPS) is 18.6. The fraction of sp³-hybridized carbons (Fsp3) is 0.533. The van der Waals surface area contributed by atoms with Gasteiger partial charge in [0.2, 0.25) is 6.08 Å². The summed E-state index contributed by atoms with van der Waals surface area (Å²) >= 11 is 3.64. The first-order valence-electron chi connectivity index (χ1n) is 6.80. The number of halogens is 1. The van der Waals surface area contributed by atoms with Gasteiger partial charge in [0.05, 0.1) is 10.0 Å². The molecule has 0 atom stereocenters. The van der Waals surface area contributed by atoms with Gasteiger partial charge in [-0.2, -0.15) is 4.99 Å². The summed E-state index contributed by atoms with van der Waals surface area (Å²) in [6.07, 6.45) is 3.49. The van der Waals surface area contributed by atoms with Gasteiger partial charge < -0.3 is 9.47 Å². The van der Waals surface area contributed by atoms with Crippen LogP contribution in [0.15, 0.2) is 15.5 Å². The lowest BCUT2D eigenvalue weighted by Gasteiger charge is -2.26. The second-order valence-corrected chi connectivity index (χ2v) is 6.36. The summed E-state index contributed by atoms with van der Waals surface area (Å²) in [5.41, 5.74) is 1.80. The molecule has 0 radical (unpaired) electrons. The van der Waals surface area contributed by atoms with Gasteiger partial charge in [0.1, 0.15) is 13.2 Å². The Morgan fingerprint density at radius 1 is 1.35 bits per heavy atom. The first-order chi connectivity index (χ1) is 9.59. The predicted octanol–water partition coefficient (Wildman–Crippen LogP) is 3.67. The Bertz CT molecular complexity index is 602. The SMILES string of the molecule is CC(C)c1c(C2(N=C=O)CC2)cc2c(c1Br)OCCO2. The third kappa shape index (κ3) is 2.05. The van der Waals surface area contributed by atoms with Gasteiger partial charge >= 0.3 is 0 Å². The van der Waals surface area contributed by atoms with Crippen LogP contribution in [-0.4, -0.2) is 19.3 Å². The van der Waals surface area contributed by atoms with Gasteiger partial charge in [-0.1, -0.05) is 13.8 Å². The van der Waals surface area contributed by atoms with Crippen LogP contribution in [0.25, 0.3) is 0 Å². The Morgan fingerprint density at radius 3 is 2.65 bits per heavy atom. The molecule has 2 aliphatic rings. The van der Waals surface area contributed by atoms with E-state index in [0.29, 0.717) is 19.1 Å². The summed E-state index contributed by atoms with van der Waals surface area (Å²) in [5, 5.41) is 0. The van der Waals surface area contributed by atoms with Crippen molar-refractivity contribution in [1.29, 1.82) is 0 Å². The van der Waals surface area contributed by atoms with E-state index in [0.717, 1.165) is 39.9 Å². The number of rotatable bonds is 3. The van der Waals surface area contributed by atoms with Crippen molar-refractivity contribution in [3.8, 4) is 11.5 Å². The number of benzene rings is 1. The first-order valence-corrected chi connectivity index (χ1v) is 7.60. The minimum absolute atomic E-state index is 0.300. The zero-order chi connectivity index (χ0) is 14.3. The zero-order valence-corrected chi connectivity index (χ0v) is 13.1. The molecule has 0 N–H and O–H groups in total. The number of hydrogen-bond donors (Lipinski definition) is 0. The molecule has 1 fully saturated rings. The molecule has 0 unspecified atom stereocenters. The number of isocyanates is 1. The minimum atomic E-state index is -0.403. The Balaban J connectivity index is 2.23. The van der Waals surface area contributed by atoms with Crippen LogP contribution < -0.4 is 9.47 Å². The molecular weight excluding hydrogens is 322 g/mol. The molecule has 0 aromatic heterocycles. The molecule has 1 aromatic rings. The van der Waals surface area contributed by atoms with E-state index in [-0.39, 0.29) is 0 Å². The fourth-order valence-electron chi connectivity index (χ4n) is 2.76. The molecule has 0 bridgehead atoms. The number of fused-ring (bicyclic) bond motifs is 1. The lowest BCUT2D eigenvalue weighted by Crippen LogP contribution is -2.18. The summed E-state index contributed by atoms with van der Waals surface area (Å²) < 4.78 is 12.3. The maximum Gasteiger partial charge on any atom is 0.235 e. The van der Waals surface area contributed by atoms with Crippen LogP contribution in [0.3, 0.4) is 0 Å². The van der Waals surface area contributed by atoms with Crippen molar-refractivity contribution in [2.45, 2.75) is 38.1 Å². The van der Waals surface area contributed by atoms with Crippen molar-refractivity contribution >= 4 is 22.0 Å². The highest BCUT2D eigenvalue weighted by Crippen LogP contribution is 2.56. The molecule has 1 aliphatic heterocycles. The van der Waals surface area contributed by atoms with Gasteiger partial charge in [-0.25, -0.2) is 4.79 Å². The number of hydrogen-bond acceptors (Lipinski definition) is 4. The van der Waals surface area contributed by atoms with Crippen LogP contribution in [-0.2, 0) is 10.3 Å². The molecular formula is C15H16BrNO3. The number of ether oxygens (including phenoxy) is 2. The summed E-state index contributed by atoms with van der Waals surface area (Å²) in [7, 11) is 0. The molecule has 1 aliphatic carbocycles. The van der Waals surface area contributed by atoms with E-state index in [1.807, 2.05) is 6.07 Å². The van der Waals surface area contributed by atoms with Gasteiger partial charge in [-0.3, -0.25) is 0 Å². The van der Waals surface area contributed by atoms with E-state index in [2.05, 4.69) is 34.8 Å². The highest BCUT2D eigenvalue weighted by molar-refractivity contribution is 9.10. The second kappa shape index (κ2) is 4.90. The standard InChI is InChI=1S/C15H16BrNO3/c1-9(2)12-10(15(3-4-15)17-8-18)7-11-14(13(12)16)20-6-5-19-11/h7,9H,3-6H2,1-2H3. The maximum atomic E-state index is 10.7. The van der Waals surface area contributed by atoms with Crippen LogP contribution in [0.1, 0.15) is 43.7 Å². The zero-order valence-electron chi connectivity index (χ0n) is 11.5. The first kappa shape index (κ1) is 13.7. The van der Waals surface area contributed by atoms with Crippen molar-refractivity contribution in [3.05, 3.63) is 21.7 Å². The number of nitrogens with zero attached hydrogens (tertiary/aromatic N) is 1. The Hall–Kier alpha value is -1.32. The summed E-state index contributed by atoms with van der Waals surface area (Å²) in [6.45, 7) is 5.35. The van der Waals surface area contributed by atoms with E-state index in [4.69, 9.17) is 9.47 Å². The molecule has 4 nitrogen and oxygen atoms in total. The average molecular weight is 338 g/mol. The van der Waals surface area contributed by atoms with Gasteiger partial charge in [-0.15, -0.1) is 0 Å². The topological polar surface area (TPSA) is 47.9 Å². The van der Waals surface area contributed by atoms with E-state index in [1.165, 1.54) is 0 Å². The van der Waals surface area contributed by atoms with Crippen LogP contribution in [0.4, 0.5) is 0 Å². The van der Waals surface area contributed by atoms with Crippen molar-refractivity contribution in [3.63, 3.8) is 0 Å². The monoisotopic (exact) mass is 337 g/mol. The minimum Gasteiger partial charge on any atom is -0.486 e. The van der Waals surface area contributed by atoms with Crippen LogP contribution in [0.2, 0.25) is 0 Å². The van der Waals surface area contributed by atoms with Crippen molar-refractivity contribution in [2.75, 3.05) is 13.2 Å². The second-order valence-electron chi connectivity index (χ2n) is 5.57. The molecule has 0 saturated heterocycles. The van der Waals surface area contributed by atoms with E-state index >= 15 is 0 Å². The van der Waals surface area contributed by atoms with Crippen LogP contribution >= 0.6 is 15.9 Å². The Kier molecular flexibility index (Phi) is 3.35. The largest absolute Gasteiger partial charge is 0.486 e. The smallest absolute Gasteiger partial charge is 0.235 e. The molecule has 0 amide bonds. The molecule has 5 heteroatoms. The third-order valence-electron chi connectivity index (χ3n) is 3.87. The molecule has 0 spiro atoms. The molecule has 3 rings (SSSR count). The van der Waals surface area contributed by atoms with Crippen molar-refractivity contribution in [2.24, 2.45) is 4.99 Å². The van der Waals surface area contributed by atoms with E-state index in [1.54, 1.807) is 6.08 Å². The van der Waals surface area contributed by atoms with E-state index in [9.17, 15) is 4.79 Å². The molecule has 1 aromatic carbocycles. The Morgan fingerprint density at radius 2 is 2.05 bits per heavy atom. The third-order valence-corrected chi connectivity index (χ3v) is 4.66. The fourth-order valence-corrected chi connectivity index (χ4v) is 3.74. The summed E-state index contributed by atoms with van der Waals surface area (Å²) in [4.78, 5) is 14.8. The summed E-state index contributed by atoms with van der Waals surface area (Å²) in [6, 6.07) is 1.99. The lowest BCUT2D eigenvalue weighted by atomic mass is 9.90. The van der Waals surface area contributed by atoms with Crippen LogP contribution in [0.5, 0.6) is 11.5 Å². The maximum absolute atomic E-state index is 10.7. The lowest BCUT2D eigenvalue weighted by molar-refractivity contribution is 0.169. The summed E-state index contributed by atoms with van der Waals surface area (Å²) in [5.74, 6) is 1.79. The van der Waals surface area contributed by atoms with Gasteiger partial charge in [0.15, 0.2) is 11.5 Å². The average Bonchev–Trinajstić information content (AvgIpc) is 3.19. The van der Waals surface area contributed by atoms with E-state index < -0.39 is 5.54 Å². The van der Waals surface area contributed by atoms with Gasteiger partial charge in [-0.05, 0) is 51.9 Å². The molecule has 20 heavy (non-hydrogen) atoms. The number of aliphatic imine (C=N–C) groups is 1. The molecule has 1 heterocycles. The van der Waals surface area contributed by atoms with Crippen molar-refractivity contribution < 1.29 is 14.3 Å². The quantitative estimate of drug-likeness (QED) is 0.624. The predicted molar refractivity (Wildman–Crippen MR) is 78.3 cm³/mol. The number of carbonyl (C=O) groups excluding carboxylic acids is 1. The van der Waals surface area contributed by atoms with Gasteiger partial charge in [0, 0.05) is 0 Å². The highest BCUT2D eigenvalue weighted by Gasteiger charge is 2.47. The molecule has 106 valence electrons. The molecule has 1 saturated carbocycles. The van der Waals surface area contributed by atoms with Crippen LogP contribution in [0, 0.1) is 0 Å². The highest BCUT2D eigenvalue weighted by atomic mass is 79.9. The van der Waals surface area contributed by atoms with Crippen molar-refractivity contribution in [1.82, 2.24) is 0 Å². The Labute approximate surface area is 126 Å². The van der Waals surface area contributed by atoms with Gasteiger partial charge in [0.25, 0.3) is 0 Å².